The third kappa shape index (κ3) is 10.1. The highest BCUT2D eigenvalue weighted by atomic mass is 16.2. The van der Waals surface area contributed by atoms with Gasteiger partial charge in [0, 0.05) is 35.6 Å². The van der Waals surface area contributed by atoms with Gasteiger partial charge in [0.15, 0.2) is 0 Å². The van der Waals surface area contributed by atoms with Crippen LogP contribution in [0.15, 0.2) is 109 Å². The minimum absolute atomic E-state index is 0.147. The van der Waals surface area contributed by atoms with Crippen molar-refractivity contribution in [3.8, 4) is 0 Å². The summed E-state index contributed by atoms with van der Waals surface area (Å²) in [5, 5.41) is 11.3. The zero-order valence-electron chi connectivity index (χ0n) is 22.6. The molecule has 8 heteroatoms. The zero-order chi connectivity index (χ0) is 28.9. The van der Waals surface area contributed by atoms with Crippen molar-refractivity contribution in [2.24, 2.45) is 0 Å². The summed E-state index contributed by atoms with van der Waals surface area (Å²) in [5.74, 6) is -0.751. The van der Waals surface area contributed by atoms with Crippen LogP contribution in [0.5, 0.6) is 0 Å². The first-order valence-electron chi connectivity index (χ1n) is 13.4. The molecule has 0 heterocycles. The van der Waals surface area contributed by atoms with Crippen LogP contribution in [-0.4, -0.2) is 23.6 Å². The Kier molecular flexibility index (Phi) is 10.4. The maximum absolute atomic E-state index is 12.4. The van der Waals surface area contributed by atoms with Crippen molar-refractivity contribution in [1.29, 1.82) is 0 Å². The van der Waals surface area contributed by atoms with Crippen molar-refractivity contribution in [2.45, 2.75) is 32.1 Å². The molecule has 0 aliphatic carbocycles. The first-order valence-corrected chi connectivity index (χ1v) is 13.4. The minimum atomic E-state index is -0.228. The summed E-state index contributed by atoms with van der Waals surface area (Å²) in [6, 6.07) is 32.8. The van der Waals surface area contributed by atoms with E-state index in [2.05, 4.69) is 21.3 Å². The van der Waals surface area contributed by atoms with E-state index in [1.165, 1.54) is 0 Å². The second kappa shape index (κ2) is 14.8. The minimum Gasteiger partial charge on any atom is -0.326 e. The quantitative estimate of drug-likeness (QED) is 0.179. The normalized spacial score (nSPS) is 10.3. The van der Waals surface area contributed by atoms with Gasteiger partial charge in [0.25, 0.3) is 0 Å². The molecule has 0 saturated heterocycles. The molecule has 0 fully saturated rings. The highest BCUT2D eigenvalue weighted by Crippen LogP contribution is 2.18. The van der Waals surface area contributed by atoms with Crippen LogP contribution < -0.4 is 21.3 Å². The van der Waals surface area contributed by atoms with E-state index in [1.807, 2.05) is 60.7 Å². The SMILES string of the molecule is O=C(CCCC(=O)Nc1cccc(NC(=O)Cc2ccccc2)c1)Nc1cccc(NC(=O)Cc2ccccc2)c1. The summed E-state index contributed by atoms with van der Waals surface area (Å²) < 4.78 is 0. The predicted octanol–water partition coefficient (Wildman–Crippen LogP) is 5.80. The number of amides is 4. The topological polar surface area (TPSA) is 116 Å². The van der Waals surface area contributed by atoms with Gasteiger partial charge in [-0.05, 0) is 53.9 Å². The smallest absolute Gasteiger partial charge is 0.228 e. The average molecular weight is 549 g/mol. The predicted molar refractivity (Wildman–Crippen MR) is 162 cm³/mol. The second-order valence-corrected chi connectivity index (χ2v) is 9.53. The molecule has 4 rings (SSSR count). The van der Waals surface area contributed by atoms with Gasteiger partial charge in [0.05, 0.1) is 12.8 Å². The standard InChI is InChI=1S/C33H32N4O4/c38-30(34-26-14-7-16-28(22-26)36-32(40)20-24-10-3-1-4-11-24)18-9-19-31(39)35-27-15-8-17-29(23-27)37-33(41)21-25-12-5-2-6-13-25/h1-8,10-17,22-23H,9,18-21H2,(H,34,38)(H,35,39)(H,36,40)(H,37,41). The number of carbonyl (C=O) groups is 4. The van der Waals surface area contributed by atoms with Gasteiger partial charge in [-0.25, -0.2) is 0 Å². The lowest BCUT2D eigenvalue weighted by molar-refractivity contribution is -0.118. The summed E-state index contributed by atoms with van der Waals surface area (Å²) in [5.41, 5.74) is 4.11. The van der Waals surface area contributed by atoms with Crippen molar-refractivity contribution in [3.05, 3.63) is 120 Å². The molecule has 0 aliphatic heterocycles. The van der Waals surface area contributed by atoms with Gasteiger partial charge in [-0.15, -0.1) is 0 Å². The van der Waals surface area contributed by atoms with Crippen molar-refractivity contribution in [1.82, 2.24) is 0 Å². The van der Waals surface area contributed by atoms with Crippen LogP contribution in [0.4, 0.5) is 22.7 Å². The number of rotatable bonds is 12. The largest absolute Gasteiger partial charge is 0.326 e. The molecule has 0 bridgehead atoms. The van der Waals surface area contributed by atoms with E-state index in [4.69, 9.17) is 0 Å². The molecule has 4 aromatic carbocycles. The molecule has 208 valence electrons. The fraction of sp³-hybridized carbons (Fsp3) is 0.152. The van der Waals surface area contributed by atoms with Gasteiger partial charge < -0.3 is 21.3 Å². The Morgan fingerprint density at radius 3 is 1.12 bits per heavy atom. The Hall–Kier alpha value is -5.24. The van der Waals surface area contributed by atoms with Crippen LogP contribution in [-0.2, 0) is 32.0 Å². The van der Waals surface area contributed by atoms with Gasteiger partial charge in [-0.1, -0.05) is 72.8 Å². The highest BCUT2D eigenvalue weighted by molar-refractivity contribution is 5.96. The van der Waals surface area contributed by atoms with Crippen molar-refractivity contribution < 1.29 is 19.2 Å². The highest BCUT2D eigenvalue weighted by Gasteiger charge is 2.10. The second-order valence-electron chi connectivity index (χ2n) is 9.53. The van der Waals surface area contributed by atoms with Crippen molar-refractivity contribution >= 4 is 46.4 Å². The number of benzene rings is 4. The Morgan fingerprint density at radius 2 is 0.756 bits per heavy atom. The fourth-order valence-corrected chi connectivity index (χ4v) is 4.18. The van der Waals surface area contributed by atoms with Gasteiger partial charge in [-0.2, -0.15) is 0 Å². The number of nitrogens with one attached hydrogen (secondary N) is 4. The third-order valence-corrected chi connectivity index (χ3v) is 6.08. The fourth-order valence-electron chi connectivity index (χ4n) is 4.18. The maximum Gasteiger partial charge on any atom is 0.228 e. The Balaban J connectivity index is 1.17. The summed E-state index contributed by atoms with van der Waals surface area (Å²) in [6.07, 6.45) is 1.19. The van der Waals surface area contributed by atoms with Crippen LogP contribution in [0, 0.1) is 0 Å². The molecular weight excluding hydrogens is 516 g/mol. The van der Waals surface area contributed by atoms with Gasteiger partial charge in [-0.3, -0.25) is 19.2 Å². The van der Waals surface area contributed by atoms with Crippen LogP contribution in [0.25, 0.3) is 0 Å². The average Bonchev–Trinajstić information content (AvgIpc) is 2.94. The summed E-state index contributed by atoms with van der Waals surface area (Å²) >= 11 is 0. The van der Waals surface area contributed by atoms with E-state index >= 15 is 0 Å². The maximum atomic E-state index is 12.4. The molecule has 41 heavy (non-hydrogen) atoms. The molecule has 0 saturated carbocycles. The summed E-state index contributed by atoms with van der Waals surface area (Å²) in [7, 11) is 0. The lowest BCUT2D eigenvalue weighted by Gasteiger charge is -2.10. The lowest BCUT2D eigenvalue weighted by atomic mass is 10.1. The van der Waals surface area contributed by atoms with Crippen molar-refractivity contribution in [2.75, 3.05) is 21.3 Å². The number of carbonyl (C=O) groups excluding carboxylic acids is 4. The van der Waals surface area contributed by atoms with E-state index < -0.39 is 0 Å². The summed E-state index contributed by atoms with van der Waals surface area (Å²) in [4.78, 5) is 49.5. The number of hydrogen-bond donors (Lipinski definition) is 4. The molecule has 0 aromatic heterocycles. The van der Waals surface area contributed by atoms with E-state index in [1.54, 1.807) is 48.5 Å². The van der Waals surface area contributed by atoms with E-state index in [9.17, 15) is 19.2 Å². The van der Waals surface area contributed by atoms with Gasteiger partial charge in [0.2, 0.25) is 23.6 Å². The molecule has 0 atom stereocenters. The third-order valence-electron chi connectivity index (χ3n) is 6.08. The zero-order valence-corrected chi connectivity index (χ0v) is 22.6. The van der Waals surface area contributed by atoms with Gasteiger partial charge >= 0.3 is 0 Å². The van der Waals surface area contributed by atoms with Crippen LogP contribution in [0.1, 0.15) is 30.4 Å². The van der Waals surface area contributed by atoms with Crippen LogP contribution >= 0.6 is 0 Å². The molecule has 0 aliphatic rings. The van der Waals surface area contributed by atoms with Crippen LogP contribution in [0.3, 0.4) is 0 Å². The molecule has 0 radical (unpaired) electrons. The molecular formula is C33H32N4O4. The monoisotopic (exact) mass is 548 g/mol. The molecule has 0 unspecified atom stereocenters. The lowest BCUT2D eigenvalue weighted by Crippen LogP contribution is -2.16. The first-order chi connectivity index (χ1) is 19.9. The van der Waals surface area contributed by atoms with E-state index in [0.717, 1.165) is 11.1 Å². The van der Waals surface area contributed by atoms with Crippen molar-refractivity contribution in [3.63, 3.8) is 0 Å². The number of anilines is 4. The Morgan fingerprint density at radius 1 is 0.415 bits per heavy atom. The van der Waals surface area contributed by atoms with Crippen LogP contribution in [0.2, 0.25) is 0 Å². The van der Waals surface area contributed by atoms with Gasteiger partial charge in [0.1, 0.15) is 0 Å². The molecule has 4 aromatic rings. The Bertz CT molecular complexity index is 1380. The first kappa shape index (κ1) is 28.8. The Labute approximate surface area is 239 Å². The molecule has 4 amide bonds. The molecule has 0 spiro atoms. The van der Waals surface area contributed by atoms with E-state index in [-0.39, 0.29) is 49.3 Å². The summed E-state index contributed by atoms with van der Waals surface area (Å²) in [6.45, 7) is 0. The molecule has 8 nitrogen and oxygen atoms in total. The van der Waals surface area contributed by atoms with E-state index in [0.29, 0.717) is 29.2 Å². The molecule has 4 N–H and O–H groups in total. The number of hydrogen-bond acceptors (Lipinski definition) is 4.